The van der Waals surface area contributed by atoms with Crippen molar-refractivity contribution in [1.29, 1.82) is 0 Å². The van der Waals surface area contributed by atoms with Gasteiger partial charge in [-0.1, -0.05) is 74.1 Å². The molecule has 0 fully saturated rings. The van der Waals surface area contributed by atoms with Gasteiger partial charge in [-0.2, -0.15) is 0 Å². The van der Waals surface area contributed by atoms with Crippen LogP contribution in [0.2, 0.25) is 0 Å². The Labute approximate surface area is 117 Å². The second-order valence-electron chi connectivity index (χ2n) is 7.09. The van der Waals surface area contributed by atoms with Crippen molar-refractivity contribution in [2.45, 2.75) is 87.0 Å². The zero-order valence-electron chi connectivity index (χ0n) is 14.1. The SMILES string of the molecule is CCC(CCC(C)C)[C](CCCC(C)C)C(C)C. The summed E-state index contributed by atoms with van der Waals surface area (Å²) in [6.07, 6.45) is 8.27. The summed E-state index contributed by atoms with van der Waals surface area (Å²) in [5.74, 6) is 5.20. The van der Waals surface area contributed by atoms with E-state index in [-0.39, 0.29) is 0 Å². The van der Waals surface area contributed by atoms with Crippen LogP contribution in [0.1, 0.15) is 87.0 Å². The fraction of sp³-hybridized carbons (Fsp3) is 0.944. The Kier molecular flexibility index (Phi) is 9.87. The molecule has 1 radical (unpaired) electrons. The van der Waals surface area contributed by atoms with Crippen LogP contribution in [0.15, 0.2) is 0 Å². The zero-order valence-corrected chi connectivity index (χ0v) is 14.1. The van der Waals surface area contributed by atoms with Gasteiger partial charge in [0, 0.05) is 0 Å². The van der Waals surface area contributed by atoms with Crippen LogP contribution in [0.5, 0.6) is 0 Å². The Bertz CT molecular complexity index is 178. The van der Waals surface area contributed by atoms with Gasteiger partial charge in [-0.05, 0) is 42.4 Å². The molecule has 0 saturated heterocycles. The molecule has 0 spiro atoms. The predicted octanol–water partition coefficient (Wildman–Crippen LogP) is 6.51. The third-order valence-corrected chi connectivity index (χ3v) is 4.10. The smallest absolute Gasteiger partial charge is 0.0185 e. The van der Waals surface area contributed by atoms with Gasteiger partial charge in [0.1, 0.15) is 0 Å². The number of hydrogen-bond acceptors (Lipinski definition) is 0. The van der Waals surface area contributed by atoms with E-state index < -0.39 is 0 Å². The van der Waals surface area contributed by atoms with E-state index in [9.17, 15) is 0 Å². The van der Waals surface area contributed by atoms with Crippen LogP contribution in [0.3, 0.4) is 0 Å². The molecule has 0 N–H and O–H groups in total. The summed E-state index contributed by atoms with van der Waals surface area (Å²) in [7, 11) is 0. The van der Waals surface area contributed by atoms with Gasteiger partial charge in [0.15, 0.2) is 0 Å². The lowest BCUT2D eigenvalue weighted by molar-refractivity contribution is 0.353. The summed E-state index contributed by atoms with van der Waals surface area (Å²) in [4.78, 5) is 0. The monoisotopic (exact) mass is 253 g/mol. The molecule has 109 valence electrons. The summed E-state index contributed by atoms with van der Waals surface area (Å²) in [6, 6.07) is 0. The number of hydrogen-bond donors (Lipinski definition) is 0. The molecule has 0 saturated carbocycles. The summed E-state index contributed by atoms with van der Waals surface area (Å²) < 4.78 is 0. The first-order valence-electron chi connectivity index (χ1n) is 8.24. The molecule has 0 aliphatic heterocycles. The van der Waals surface area contributed by atoms with Gasteiger partial charge in [-0.25, -0.2) is 0 Å². The second-order valence-corrected chi connectivity index (χ2v) is 7.09. The molecule has 1 unspecified atom stereocenters. The van der Waals surface area contributed by atoms with Crippen LogP contribution in [-0.2, 0) is 0 Å². The maximum Gasteiger partial charge on any atom is -0.0185 e. The van der Waals surface area contributed by atoms with E-state index in [1.165, 1.54) is 38.5 Å². The van der Waals surface area contributed by atoms with Crippen LogP contribution < -0.4 is 0 Å². The minimum absolute atomic E-state index is 0.772. The minimum atomic E-state index is 0.772. The van der Waals surface area contributed by atoms with Gasteiger partial charge in [0.25, 0.3) is 0 Å². The molecule has 0 rings (SSSR count). The highest BCUT2D eigenvalue weighted by Crippen LogP contribution is 2.35. The van der Waals surface area contributed by atoms with Crippen LogP contribution >= 0.6 is 0 Å². The molecule has 1 atom stereocenters. The fourth-order valence-electron chi connectivity index (χ4n) is 2.86. The van der Waals surface area contributed by atoms with Crippen molar-refractivity contribution in [2.75, 3.05) is 0 Å². The molecule has 0 aromatic carbocycles. The van der Waals surface area contributed by atoms with E-state index in [0.29, 0.717) is 0 Å². The first-order chi connectivity index (χ1) is 8.38. The standard InChI is InChI=1S/C18H37/c1-8-17(13-12-15(4)5)18(16(6)7)11-9-10-14(2)3/h14-17H,8-13H2,1-7H3. The van der Waals surface area contributed by atoms with Crippen molar-refractivity contribution in [1.82, 2.24) is 0 Å². The van der Waals surface area contributed by atoms with Crippen molar-refractivity contribution in [3.8, 4) is 0 Å². The molecule has 0 bridgehead atoms. The maximum absolute atomic E-state index is 2.39. The van der Waals surface area contributed by atoms with Crippen molar-refractivity contribution >= 4 is 0 Å². The van der Waals surface area contributed by atoms with Crippen LogP contribution in [0, 0.1) is 29.6 Å². The Morgan fingerprint density at radius 3 is 1.72 bits per heavy atom. The highest BCUT2D eigenvalue weighted by atomic mass is 14.3. The summed E-state index contributed by atoms with van der Waals surface area (Å²) in [5.41, 5.74) is 0. The molecule has 0 aromatic rings. The Balaban J connectivity index is 4.25. The lowest BCUT2D eigenvalue weighted by atomic mass is 9.75. The van der Waals surface area contributed by atoms with E-state index >= 15 is 0 Å². The predicted molar refractivity (Wildman–Crippen MR) is 84.6 cm³/mol. The molecule has 0 nitrogen and oxygen atoms in total. The Morgan fingerprint density at radius 2 is 1.33 bits per heavy atom. The van der Waals surface area contributed by atoms with E-state index in [1.54, 1.807) is 0 Å². The highest BCUT2D eigenvalue weighted by Gasteiger charge is 2.23. The first-order valence-corrected chi connectivity index (χ1v) is 8.24. The van der Waals surface area contributed by atoms with Gasteiger partial charge in [0.2, 0.25) is 0 Å². The average Bonchev–Trinajstić information content (AvgIpc) is 2.26. The third kappa shape index (κ3) is 8.16. The average molecular weight is 253 g/mol. The maximum atomic E-state index is 2.39. The van der Waals surface area contributed by atoms with Crippen LogP contribution in [0.25, 0.3) is 0 Å². The van der Waals surface area contributed by atoms with Gasteiger partial charge in [-0.15, -0.1) is 0 Å². The molecule has 0 amide bonds. The van der Waals surface area contributed by atoms with Crippen molar-refractivity contribution in [3.05, 3.63) is 5.92 Å². The fourth-order valence-corrected chi connectivity index (χ4v) is 2.86. The summed E-state index contributed by atoms with van der Waals surface area (Å²) >= 11 is 0. The first kappa shape index (κ1) is 18.0. The molecular weight excluding hydrogens is 216 g/mol. The van der Waals surface area contributed by atoms with Crippen LogP contribution in [0.4, 0.5) is 0 Å². The van der Waals surface area contributed by atoms with E-state index in [4.69, 9.17) is 0 Å². The van der Waals surface area contributed by atoms with E-state index in [2.05, 4.69) is 48.5 Å². The van der Waals surface area contributed by atoms with Gasteiger partial charge < -0.3 is 0 Å². The van der Waals surface area contributed by atoms with Crippen molar-refractivity contribution in [3.63, 3.8) is 0 Å². The van der Waals surface area contributed by atoms with Crippen molar-refractivity contribution in [2.24, 2.45) is 23.7 Å². The van der Waals surface area contributed by atoms with E-state index in [1.807, 2.05) is 5.92 Å². The van der Waals surface area contributed by atoms with Crippen LogP contribution in [-0.4, -0.2) is 0 Å². The molecule has 0 heterocycles. The molecule has 0 aliphatic rings. The van der Waals surface area contributed by atoms with Gasteiger partial charge in [0.05, 0.1) is 0 Å². The van der Waals surface area contributed by atoms with Crippen molar-refractivity contribution < 1.29 is 0 Å². The lowest BCUT2D eigenvalue weighted by Crippen LogP contribution is -2.18. The number of rotatable bonds is 10. The molecule has 18 heavy (non-hydrogen) atoms. The molecule has 0 heteroatoms. The van der Waals surface area contributed by atoms with Gasteiger partial charge >= 0.3 is 0 Å². The largest absolute Gasteiger partial charge is 0.0651 e. The topological polar surface area (TPSA) is 0 Å². The minimum Gasteiger partial charge on any atom is -0.0651 e. The normalized spacial score (nSPS) is 14.2. The van der Waals surface area contributed by atoms with E-state index in [0.717, 1.165) is 23.7 Å². The lowest BCUT2D eigenvalue weighted by Gasteiger charge is -2.30. The van der Waals surface area contributed by atoms with Gasteiger partial charge in [-0.3, -0.25) is 0 Å². The quantitative estimate of drug-likeness (QED) is 0.416. The third-order valence-electron chi connectivity index (χ3n) is 4.10. The Hall–Kier alpha value is 0. The zero-order chi connectivity index (χ0) is 14.1. The highest BCUT2D eigenvalue weighted by molar-refractivity contribution is 4.98. The molecular formula is C18H37. The summed E-state index contributed by atoms with van der Waals surface area (Å²) in [6.45, 7) is 16.5. The molecule has 0 aliphatic carbocycles. The summed E-state index contributed by atoms with van der Waals surface area (Å²) in [5, 5.41) is 0. The molecule has 0 aromatic heterocycles. The Morgan fingerprint density at radius 1 is 0.778 bits per heavy atom. The second kappa shape index (κ2) is 9.87.